The number of fused-ring (bicyclic) bond motifs is 1. The summed E-state index contributed by atoms with van der Waals surface area (Å²) in [4.78, 5) is 18.5. The number of pyridine rings is 1. The lowest BCUT2D eigenvalue weighted by molar-refractivity contribution is -0.115. The highest BCUT2D eigenvalue weighted by Gasteiger charge is 2.20. The molecule has 3 heterocycles. The quantitative estimate of drug-likeness (QED) is 0.480. The number of imidazole rings is 1. The Morgan fingerprint density at radius 3 is 2.57 bits per heavy atom. The van der Waals surface area contributed by atoms with Gasteiger partial charge in [0.05, 0.1) is 15.5 Å². The molecule has 1 N–H and O–H groups in total. The molecule has 0 radical (unpaired) electrons. The largest absolute Gasteiger partial charge is 0.310 e. The fourth-order valence-electron chi connectivity index (χ4n) is 3.14. The Morgan fingerprint density at radius 2 is 1.87 bits per heavy atom. The molecule has 0 aliphatic rings. The molecule has 154 valence electrons. The molecule has 30 heavy (non-hydrogen) atoms. The Labute approximate surface area is 179 Å². The van der Waals surface area contributed by atoms with Gasteiger partial charge in [-0.1, -0.05) is 23.8 Å². The minimum atomic E-state index is -3.53. The van der Waals surface area contributed by atoms with Crippen LogP contribution in [0.25, 0.3) is 16.2 Å². The minimum Gasteiger partial charge on any atom is -0.310 e. The van der Waals surface area contributed by atoms with E-state index in [4.69, 9.17) is 0 Å². The molecular formula is C22H21N3O3S2. The van der Waals surface area contributed by atoms with Crippen LogP contribution in [-0.4, -0.2) is 29.5 Å². The fourth-order valence-corrected chi connectivity index (χ4v) is 5.09. The first-order chi connectivity index (χ1) is 14.3. The van der Waals surface area contributed by atoms with Gasteiger partial charge in [-0.2, -0.15) is 0 Å². The molecule has 8 heteroatoms. The van der Waals surface area contributed by atoms with Crippen LogP contribution < -0.4 is 5.32 Å². The van der Waals surface area contributed by atoms with E-state index in [1.165, 1.54) is 11.3 Å². The van der Waals surface area contributed by atoms with Crippen molar-refractivity contribution in [1.82, 2.24) is 9.38 Å². The van der Waals surface area contributed by atoms with Gasteiger partial charge < -0.3 is 5.32 Å². The molecule has 3 aromatic heterocycles. The van der Waals surface area contributed by atoms with E-state index in [9.17, 15) is 13.2 Å². The number of hydrogen-bond acceptors (Lipinski definition) is 5. The lowest BCUT2D eigenvalue weighted by atomic mass is 10.2. The van der Waals surface area contributed by atoms with Crippen LogP contribution in [0.1, 0.15) is 17.5 Å². The summed E-state index contributed by atoms with van der Waals surface area (Å²) in [5, 5.41) is 4.83. The number of thiophene rings is 1. The van der Waals surface area contributed by atoms with E-state index in [0.29, 0.717) is 11.5 Å². The molecule has 0 aliphatic carbocycles. The standard InChI is InChI=1S/C22H21N3O3S2/c1-15-5-7-17(8-6-15)30(27,28)13-10-20(26)24-22-21(18-4-3-12-29-18)23-19-14-16(2)9-11-25(19)22/h3-9,11-12,14H,10,13H2,1-2H3,(H,24,26). The highest BCUT2D eigenvalue weighted by atomic mass is 32.2. The van der Waals surface area contributed by atoms with Crippen molar-refractivity contribution in [2.75, 3.05) is 11.1 Å². The summed E-state index contributed by atoms with van der Waals surface area (Å²) in [7, 11) is -3.53. The highest BCUT2D eigenvalue weighted by molar-refractivity contribution is 7.91. The number of carbonyl (C=O) groups is 1. The van der Waals surface area contributed by atoms with Crippen molar-refractivity contribution in [3.05, 3.63) is 71.2 Å². The van der Waals surface area contributed by atoms with Crippen LogP contribution in [0.15, 0.2) is 65.0 Å². The van der Waals surface area contributed by atoms with Crippen molar-refractivity contribution in [3.8, 4) is 10.6 Å². The van der Waals surface area contributed by atoms with E-state index in [0.717, 1.165) is 21.7 Å². The highest BCUT2D eigenvalue weighted by Crippen LogP contribution is 2.32. The molecule has 0 unspecified atom stereocenters. The van der Waals surface area contributed by atoms with Gasteiger partial charge in [0.2, 0.25) is 5.91 Å². The Morgan fingerprint density at radius 1 is 1.10 bits per heavy atom. The minimum absolute atomic E-state index is 0.140. The topological polar surface area (TPSA) is 80.5 Å². The number of benzene rings is 1. The lowest BCUT2D eigenvalue weighted by Gasteiger charge is -2.08. The maximum atomic E-state index is 12.7. The van der Waals surface area contributed by atoms with Gasteiger partial charge in [-0.05, 0) is 55.1 Å². The zero-order valence-corrected chi connectivity index (χ0v) is 18.3. The number of anilines is 1. The van der Waals surface area contributed by atoms with Crippen molar-refractivity contribution in [1.29, 1.82) is 0 Å². The molecule has 4 rings (SSSR count). The van der Waals surface area contributed by atoms with Crippen molar-refractivity contribution in [2.45, 2.75) is 25.2 Å². The molecule has 6 nitrogen and oxygen atoms in total. The monoisotopic (exact) mass is 439 g/mol. The second-order valence-corrected chi connectivity index (χ2v) is 10.2. The summed E-state index contributed by atoms with van der Waals surface area (Å²) in [5.74, 6) is -0.0810. The summed E-state index contributed by atoms with van der Waals surface area (Å²) in [5.41, 5.74) is 3.44. The number of amides is 1. The molecule has 0 aliphatic heterocycles. The first kappa shape index (κ1) is 20.3. The molecule has 0 bridgehead atoms. The second-order valence-electron chi connectivity index (χ2n) is 7.15. The van der Waals surface area contributed by atoms with E-state index in [2.05, 4.69) is 10.3 Å². The van der Waals surface area contributed by atoms with Crippen molar-refractivity contribution >= 4 is 38.5 Å². The van der Waals surface area contributed by atoms with Gasteiger partial charge in [-0.15, -0.1) is 11.3 Å². The average molecular weight is 440 g/mol. The van der Waals surface area contributed by atoms with Crippen LogP contribution in [0, 0.1) is 13.8 Å². The number of aryl methyl sites for hydroxylation is 2. The molecular weight excluding hydrogens is 418 g/mol. The zero-order valence-electron chi connectivity index (χ0n) is 16.6. The summed E-state index contributed by atoms with van der Waals surface area (Å²) in [6, 6.07) is 14.4. The Bertz CT molecular complexity index is 1310. The predicted octanol–water partition coefficient (Wildman–Crippen LogP) is 4.48. The molecule has 0 spiro atoms. The van der Waals surface area contributed by atoms with Crippen molar-refractivity contribution in [3.63, 3.8) is 0 Å². The number of nitrogens with one attached hydrogen (secondary N) is 1. The number of aromatic nitrogens is 2. The Balaban J connectivity index is 1.57. The Hall–Kier alpha value is -2.97. The van der Waals surface area contributed by atoms with E-state index in [1.807, 2.05) is 54.1 Å². The van der Waals surface area contributed by atoms with E-state index < -0.39 is 9.84 Å². The normalized spacial score (nSPS) is 11.7. The molecule has 1 aromatic carbocycles. The van der Waals surface area contributed by atoms with Crippen molar-refractivity contribution in [2.24, 2.45) is 0 Å². The average Bonchev–Trinajstić information content (AvgIpc) is 3.35. The summed E-state index contributed by atoms with van der Waals surface area (Å²) >= 11 is 1.53. The van der Waals surface area contributed by atoms with Crippen LogP contribution in [0.5, 0.6) is 0 Å². The number of hydrogen-bond donors (Lipinski definition) is 1. The molecule has 1 amide bonds. The van der Waals surface area contributed by atoms with Crippen LogP contribution in [0.2, 0.25) is 0 Å². The van der Waals surface area contributed by atoms with Gasteiger partial charge >= 0.3 is 0 Å². The van der Waals surface area contributed by atoms with Gasteiger partial charge in [0, 0.05) is 12.6 Å². The van der Waals surface area contributed by atoms with E-state index >= 15 is 0 Å². The van der Waals surface area contributed by atoms with Crippen LogP contribution in [0.3, 0.4) is 0 Å². The fraction of sp³-hybridized carbons (Fsp3) is 0.182. The predicted molar refractivity (Wildman–Crippen MR) is 120 cm³/mol. The number of nitrogens with zero attached hydrogens (tertiary/aromatic N) is 2. The van der Waals surface area contributed by atoms with Crippen molar-refractivity contribution < 1.29 is 13.2 Å². The molecule has 0 fully saturated rings. The third kappa shape index (κ3) is 4.15. The maximum Gasteiger partial charge on any atom is 0.226 e. The SMILES string of the molecule is Cc1ccc(S(=O)(=O)CCC(=O)Nc2c(-c3cccs3)nc3cc(C)ccn23)cc1. The number of rotatable bonds is 6. The lowest BCUT2D eigenvalue weighted by Crippen LogP contribution is -2.18. The molecule has 4 aromatic rings. The third-order valence-electron chi connectivity index (χ3n) is 4.77. The summed E-state index contributed by atoms with van der Waals surface area (Å²) < 4.78 is 26.9. The first-order valence-electron chi connectivity index (χ1n) is 9.45. The van der Waals surface area contributed by atoms with E-state index in [-0.39, 0.29) is 23.0 Å². The zero-order chi connectivity index (χ0) is 21.3. The van der Waals surface area contributed by atoms with Gasteiger partial charge in [-0.25, -0.2) is 13.4 Å². The second kappa shape index (κ2) is 8.04. The smallest absolute Gasteiger partial charge is 0.226 e. The van der Waals surface area contributed by atoms with Crippen LogP contribution in [-0.2, 0) is 14.6 Å². The van der Waals surface area contributed by atoms with Crippen LogP contribution in [0.4, 0.5) is 5.82 Å². The van der Waals surface area contributed by atoms with Gasteiger partial charge in [0.15, 0.2) is 9.84 Å². The number of carbonyl (C=O) groups excluding carboxylic acids is 1. The molecule has 0 saturated carbocycles. The van der Waals surface area contributed by atoms with Gasteiger partial charge in [0.1, 0.15) is 17.2 Å². The summed E-state index contributed by atoms with van der Waals surface area (Å²) in [6.45, 7) is 3.88. The first-order valence-corrected chi connectivity index (χ1v) is 12.0. The maximum absolute atomic E-state index is 12.7. The number of sulfone groups is 1. The molecule has 0 saturated heterocycles. The van der Waals surface area contributed by atoms with Gasteiger partial charge in [-0.3, -0.25) is 9.20 Å². The third-order valence-corrected chi connectivity index (χ3v) is 7.38. The molecule has 0 atom stereocenters. The van der Waals surface area contributed by atoms with Gasteiger partial charge in [0.25, 0.3) is 0 Å². The van der Waals surface area contributed by atoms with Crippen LogP contribution >= 0.6 is 11.3 Å². The summed E-state index contributed by atoms with van der Waals surface area (Å²) in [6.07, 6.45) is 1.71. The Kier molecular flexibility index (Phi) is 5.44. The van der Waals surface area contributed by atoms with E-state index in [1.54, 1.807) is 24.3 Å².